The summed E-state index contributed by atoms with van der Waals surface area (Å²) in [6.45, 7) is 1.94. The molecule has 1 aliphatic carbocycles. The predicted molar refractivity (Wildman–Crippen MR) is 55.3 cm³/mol. The molecule has 2 N–H and O–H groups in total. The number of carboxylic acids is 1. The molecule has 0 bridgehead atoms. The lowest BCUT2D eigenvalue weighted by molar-refractivity contribution is 0.0695. The first-order valence-corrected chi connectivity index (χ1v) is 5.20. The molecule has 1 fully saturated rings. The minimum absolute atomic E-state index is 0.00998. The second kappa shape index (κ2) is 4.00. The number of amides is 1. The Labute approximate surface area is 92.4 Å². The number of hydrogen-bond donors (Lipinski definition) is 2. The van der Waals surface area contributed by atoms with Crippen molar-refractivity contribution in [2.45, 2.75) is 25.8 Å². The third kappa shape index (κ3) is 2.24. The molecule has 1 amide bonds. The van der Waals surface area contributed by atoms with Gasteiger partial charge in [-0.15, -0.1) is 0 Å². The molecule has 86 valence electrons. The van der Waals surface area contributed by atoms with Crippen LogP contribution in [0.4, 0.5) is 0 Å². The van der Waals surface area contributed by atoms with E-state index in [1.807, 2.05) is 6.92 Å². The maximum atomic E-state index is 11.6. The van der Waals surface area contributed by atoms with Gasteiger partial charge in [0.25, 0.3) is 5.91 Å². The van der Waals surface area contributed by atoms with Crippen molar-refractivity contribution in [1.82, 2.24) is 5.32 Å². The number of rotatable bonds is 4. The van der Waals surface area contributed by atoms with E-state index in [4.69, 9.17) is 9.52 Å². The SMILES string of the molecule is CC(NC(=O)c1cc(C(=O)O)co1)C1CC1. The second-order valence-corrected chi connectivity index (χ2v) is 4.10. The molecule has 16 heavy (non-hydrogen) atoms. The molecule has 0 aliphatic heterocycles. The van der Waals surface area contributed by atoms with Crippen molar-refractivity contribution in [1.29, 1.82) is 0 Å². The Morgan fingerprint density at radius 1 is 1.56 bits per heavy atom. The molecule has 1 aromatic heterocycles. The first kappa shape index (κ1) is 10.7. The molecule has 2 rings (SSSR count). The summed E-state index contributed by atoms with van der Waals surface area (Å²) in [6.07, 6.45) is 3.35. The van der Waals surface area contributed by atoms with E-state index in [1.165, 1.54) is 6.07 Å². The highest BCUT2D eigenvalue weighted by Gasteiger charge is 2.29. The number of aromatic carboxylic acids is 1. The maximum absolute atomic E-state index is 11.6. The van der Waals surface area contributed by atoms with Gasteiger partial charge in [-0.05, 0) is 25.7 Å². The van der Waals surface area contributed by atoms with Crippen molar-refractivity contribution in [3.8, 4) is 0 Å². The predicted octanol–water partition coefficient (Wildman–Crippen LogP) is 1.51. The summed E-state index contributed by atoms with van der Waals surface area (Å²) in [6, 6.07) is 1.35. The van der Waals surface area contributed by atoms with Gasteiger partial charge in [0.1, 0.15) is 6.26 Å². The van der Waals surface area contributed by atoms with E-state index in [0.29, 0.717) is 5.92 Å². The van der Waals surface area contributed by atoms with Crippen LogP contribution in [0.1, 0.15) is 40.7 Å². The molecule has 1 aromatic rings. The zero-order chi connectivity index (χ0) is 11.7. The molecule has 0 saturated heterocycles. The first-order chi connectivity index (χ1) is 7.58. The molecular formula is C11H13NO4. The summed E-state index contributed by atoms with van der Waals surface area (Å²) in [5.74, 6) is -0.854. The standard InChI is InChI=1S/C11H13NO4/c1-6(7-2-3-7)12-10(13)9-4-8(5-16-9)11(14)15/h4-7H,2-3H2,1H3,(H,12,13)(H,14,15). The Balaban J connectivity index is 1.99. The summed E-state index contributed by atoms with van der Waals surface area (Å²) in [5.41, 5.74) is -0.00998. The number of carboxylic acid groups (broad SMARTS) is 1. The van der Waals surface area contributed by atoms with Crippen LogP contribution in [-0.4, -0.2) is 23.0 Å². The summed E-state index contributed by atoms with van der Waals surface area (Å²) >= 11 is 0. The lowest BCUT2D eigenvalue weighted by Crippen LogP contribution is -2.33. The van der Waals surface area contributed by atoms with Gasteiger partial charge in [0.15, 0.2) is 5.76 Å². The van der Waals surface area contributed by atoms with Crippen LogP contribution < -0.4 is 5.32 Å². The van der Waals surface area contributed by atoms with E-state index in [2.05, 4.69) is 5.32 Å². The van der Waals surface area contributed by atoms with E-state index in [1.54, 1.807) is 0 Å². The van der Waals surface area contributed by atoms with Crippen LogP contribution in [0, 0.1) is 5.92 Å². The van der Waals surface area contributed by atoms with Gasteiger partial charge >= 0.3 is 5.97 Å². The molecule has 1 saturated carbocycles. The fourth-order valence-electron chi connectivity index (χ4n) is 1.56. The van der Waals surface area contributed by atoms with Gasteiger partial charge < -0.3 is 14.8 Å². The molecule has 1 atom stereocenters. The highest BCUT2D eigenvalue weighted by Crippen LogP contribution is 2.32. The van der Waals surface area contributed by atoms with Crippen molar-refractivity contribution >= 4 is 11.9 Å². The van der Waals surface area contributed by atoms with Crippen molar-refractivity contribution in [3.63, 3.8) is 0 Å². The first-order valence-electron chi connectivity index (χ1n) is 5.20. The zero-order valence-corrected chi connectivity index (χ0v) is 8.90. The summed E-state index contributed by atoms with van der Waals surface area (Å²) < 4.78 is 4.90. The Hall–Kier alpha value is -1.78. The normalized spacial score (nSPS) is 16.8. The highest BCUT2D eigenvalue weighted by atomic mass is 16.4. The van der Waals surface area contributed by atoms with Crippen LogP contribution in [0.3, 0.4) is 0 Å². The van der Waals surface area contributed by atoms with Gasteiger partial charge in [-0.2, -0.15) is 0 Å². The molecule has 1 aliphatic rings. The van der Waals surface area contributed by atoms with Crippen molar-refractivity contribution in [2.24, 2.45) is 5.92 Å². The Kier molecular flexibility index (Phi) is 2.68. The zero-order valence-electron chi connectivity index (χ0n) is 8.90. The molecular weight excluding hydrogens is 210 g/mol. The van der Waals surface area contributed by atoms with Crippen LogP contribution in [0.25, 0.3) is 0 Å². The van der Waals surface area contributed by atoms with E-state index in [9.17, 15) is 9.59 Å². The van der Waals surface area contributed by atoms with Crippen LogP contribution in [0.15, 0.2) is 16.7 Å². The number of carbonyl (C=O) groups excluding carboxylic acids is 1. The molecule has 5 nitrogen and oxygen atoms in total. The number of furan rings is 1. The minimum atomic E-state index is -1.10. The quantitative estimate of drug-likeness (QED) is 0.810. The Morgan fingerprint density at radius 3 is 2.75 bits per heavy atom. The van der Waals surface area contributed by atoms with Crippen molar-refractivity contribution in [3.05, 3.63) is 23.7 Å². The van der Waals surface area contributed by atoms with Gasteiger partial charge in [-0.1, -0.05) is 0 Å². The largest absolute Gasteiger partial charge is 0.478 e. The van der Waals surface area contributed by atoms with Crippen LogP contribution in [-0.2, 0) is 0 Å². The summed E-state index contributed by atoms with van der Waals surface area (Å²) in [5, 5.41) is 11.5. The van der Waals surface area contributed by atoms with Crippen LogP contribution >= 0.6 is 0 Å². The highest BCUT2D eigenvalue weighted by molar-refractivity contribution is 5.95. The molecule has 5 heteroatoms. The van der Waals surface area contributed by atoms with Gasteiger partial charge in [0, 0.05) is 12.1 Å². The third-order valence-electron chi connectivity index (χ3n) is 2.76. The van der Waals surface area contributed by atoms with Gasteiger partial charge in [-0.25, -0.2) is 4.79 Å². The number of nitrogens with one attached hydrogen (secondary N) is 1. The average molecular weight is 223 g/mol. The molecule has 1 heterocycles. The number of carbonyl (C=O) groups is 2. The van der Waals surface area contributed by atoms with Crippen LogP contribution in [0.2, 0.25) is 0 Å². The second-order valence-electron chi connectivity index (χ2n) is 4.10. The fraction of sp³-hybridized carbons (Fsp3) is 0.455. The maximum Gasteiger partial charge on any atom is 0.338 e. The van der Waals surface area contributed by atoms with Crippen molar-refractivity contribution < 1.29 is 19.1 Å². The van der Waals surface area contributed by atoms with E-state index in [0.717, 1.165) is 19.1 Å². The fourth-order valence-corrected chi connectivity index (χ4v) is 1.56. The van der Waals surface area contributed by atoms with Gasteiger partial charge in [0.05, 0.1) is 5.56 Å². The van der Waals surface area contributed by atoms with Gasteiger partial charge in [-0.3, -0.25) is 4.79 Å². The molecule has 0 radical (unpaired) electrons. The lowest BCUT2D eigenvalue weighted by Gasteiger charge is -2.10. The van der Waals surface area contributed by atoms with Crippen LogP contribution in [0.5, 0.6) is 0 Å². The molecule has 0 spiro atoms. The number of hydrogen-bond acceptors (Lipinski definition) is 3. The third-order valence-corrected chi connectivity index (χ3v) is 2.76. The van der Waals surface area contributed by atoms with Gasteiger partial charge in [0.2, 0.25) is 0 Å². The minimum Gasteiger partial charge on any atom is -0.478 e. The van der Waals surface area contributed by atoms with Crippen molar-refractivity contribution in [2.75, 3.05) is 0 Å². The summed E-state index contributed by atoms with van der Waals surface area (Å²) in [7, 11) is 0. The smallest absolute Gasteiger partial charge is 0.338 e. The monoisotopic (exact) mass is 223 g/mol. The van der Waals surface area contributed by atoms with E-state index < -0.39 is 5.97 Å². The molecule has 0 aromatic carbocycles. The lowest BCUT2D eigenvalue weighted by atomic mass is 10.2. The van der Waals surface area contributed by atoms with E-state index >= 15 is 0 Å². The summed E-state index contributed by atoms with van der Waals surface area (Å²) in [4.78, 5) is 22.2. The average Bonchev–Trinajstić information content (AvgIpc) is 2.95. The Bertz CT molecular complexity index is 419. The molecule has 1 unspecified atom stereocenters. The Morgan fingerprint density at radius 2 is 2.25 bits per heavy atom. The topological polar surface area (TPSA) is 79.5 Å². The van der Waals surface area contributed by atoms with E-state index in [-0.39, 0.29) is 23.3 Å².